The summed E-state index contributed by atoms with van der Waals surface area (Å²) in [5, 5.41) is 0. The van der Waals surface area contributed by atoms with E-state index in [1.165, 1.54) is 24.0 Å². The lowest BCUT2D eigenvalue weighted by atomic mass is 9.78. The highest BCUT2D eigenvalue weighted by molar-refractivity contribution is 5.81. The van der Waals surface area contributed by atoms with E-state index in [2.05, 4.69) is 50.1 Å². The minimum absolute atomic E-state index is 0.255. The SMILES string of the molecule is CCCC1CCC(=O)C(CN(C)Cc2ccc(C)cc2)C1. The number of nitrogens with zero attached hydrogens (tertiary/aromatic N) is 1. The third kappa shape index (κ3) is 4.96. The highest BCUT2D eigenvalue weighted by Crippen LogP contribution is 2.30. The zero-order valence-corrected chi connectivity index (χ0v) is 13.8. The van der Waals surface area contributed by atoms with Crippen LogP contribution in [0.5, 0.6) is 0 Å². The molecule has 2 rings (SSSR count). The summed E-state index contributed by atoms with van der Waals surface area (Å²) < 4.78 is 0. The molecule has 1 aliphatic carbocycles. The Kier molecular flexibility index (Phi) is 5.98. The van der Waals surface area contributed by atoms with E-state index in [4.69, 9.17) is 0 Å². The monoisotopic (exact) mass is 287 g/mol. The van der Waals surface area contributed by atoms with Gasteiger partial charge in [0, 0.05) is 25.4 Å². The number of aryl methyl sites for hydroxylation is 1. The van der Waals surface area contributed by atoms with E-state index < -0.39 is 0 Å². The fourth-order valence-corrected chi connectivity index (χ4v) is 3.49. The van der Waals surface area contributed by atoms with Gasteiger partial charge in [-0.3, -0.25) is 4.79 Å². The first-order valence-electron chi connectivity index (χ1n) is 8.35. The van der Waals surface area contributed by atoms with Gasteiger partial charge < -0.3 is 4.90 Å². The molecule has 0 bridgehead atoms. The summed E-state index contributed by atoms with van der Waals surface area (Å²) in [5.74, 6) is 1.51. The largest absolute Gasteiger partial charge is 0.301 e. The Morgan fingerprint density at radius 3 is 2.62 bits per heavy atom. The molecule has 1 fully saturated rings. The molecule has 0 heterocycles. The molecule has 1 aromatic rings. The summed E-state index contributed by atoms with van der Waals surface area (Å²) in [6.07, 6.45) is 5.54. The molecule has 116 valence electrons. The second-order valence-electron chi connectivity index (χ2n) is 6.77. The van der Waals surface area contributed by atoms with Crippen LogP contribution in [0.15, 0.2) is 24.3 Å². The quantitative estimate of drug-likeness (QED) is 0.781. The fraction of sp³-hybridized carbons (Fsp3) is 0.632. The third-order valence-electron chi connectivity index (χ3n) is 4.67. The van der Waals surface area contributed by atoms with E-state index in [-0.39, 0.29) is 5.92 Å². The molecule has 0 radical (unpaired) electrons. The van der Waals surface area contributed by atoms with E-state index in [9.17, 15) is 4.79 Å². The highest BCUT2D eigenvalue weighted by atomic mass is 16.1. The summed E-state index contributed by atoms with van der Waals surface area (Å²) in [7, 11) is 2.14. The van der Waals surface area contributed by atoms with Gasteiger partial charge in [-0.2, -0.15) is 0 Å². The van der Waals surface area contributed by atoms with Crippen LogP contribution in [-0.2, 0) is 11.3 Å². The predicted molar refractivity (Wildman–Crippen MR) is 88.3 cm³/mol. The Morgan fingerprint density at radius 2 is 1.95 bits per heavy atom. The second kappa shape index (κ2) is 7.74. The van der Waals surface area contributed by atoms with Crippen LogP contribution in [0.3, 0.4) is 0 Å². The number of ketones is 1. The Bertz CT molecular complexity index is 451. The van der Waals surface area contributed by atoms with Gasteiger partial charge in [0.1, 0.15) is 5.78 Å². The van der Waals surface area contributed by atoms with Gasteiger partial charge in [0.05, 0.1) is 0 Å². The van der Waals surface area contributed by atoms with Crippen LogP contribution in [-0.4, -0.2) is 24.3 Å². The van der Waals surface area contributed by atoms with Gasteiger partial charge in [-0.15, -0.1) is 0 Å². The Balaban J connectivity index is 1.86. The second-order valence-corrected chi connectivity index (χ2v) is 6.77. The molecular weight excluding hydrogens is 258 g/mol. The van der Waals surface area contributed by atoms with Crippen LogP contribution >= 0.6 is 0 Å². The van der Waals surface area contributed by atoms with Crippen molar-refractivity contribution in [3.63, 3.8) is 0 Å². The van der Waals surface area contributed by atoms with E-state index in [1.54, 1.807) is 0 Å². The van der Waals surface area contributed by atoms with Crippen molar-refractivity contribution in [1.82, 2.24) is 4.90 Å². The van der Waals surface area contributed by atoms with Gasteiger partial charge in [0.25, 0.3) is 0 Å². The van der Waals surface area contributed by atoms with Crippen molar-refractivity contribution < 1.29 is 4.79 Å². The first kappa shape index (κ1) is 16.2. The number of hydrogen-bond donors (Lipinski definition) is 0. The van der Waals surface area contributed by atoms with E-state index in [0.29, 0.717) is 5.78 Å². The number of Topliss-reactive ketones (excluding diaryl/α,β-unsaturated/α-hetero) is 1. The van der Waals surface area contributed by atoms with Crippen molar-refractivity contribution in [3.05, 3.63) is 35.4 Å². The van der Waals surface area contributed by atoms with Crippen molar-refractivity contribution >= 4 is 5.78 Å². The van der Waals surface area contributed by atoms with Crippen LogP contribution in [0.2, 0.25) is 0 Å². The van der Waals surface area contributed by atoms with Crippen LogP contribution in [0, 0.1) is 18.8 Å². The molecule has 2 nitrogen and oxygen atoms in total. The van der Waals surface area contributed by atoms with Gasteiger partial charge in [0.15, 0.2) is 0 Å². The molecule has 1 aromatic carbocycles. The zero-order valence-electron chi connectivity index (χ0n) is 13.8. The molecule has 21 heavy (non-hydrogen) atoms. The molecule has 0 saturated heterocycles. The maximum atomic E-state index is 12.2. The Hall–Kier alpha value is -1.15. The van der Waals surface area contributed by atoms with Crippen molar-refractivity contribution in [1.29, 1.82) is 0 Å². The number of carbonyl (C=O) groups excluding carboxylic acids is 1. The minimum Gasteiger partial charge on any atom is -0.301 e. The molecule has 0 spiro atoms. The van der Waals surface area contributed by atoms with Crippen LogP contribution in [0.1, 0.15) is 50.2 Å². The number of carbonyl (C=O) groups is 1. The molecule has 2 heteroatoms. The Labute approximate surface area is 129 Å². The molecule has 0 aromatic heterocycles. The molecule has 1 saturated carbocycles. The maximum absolute atomic E-state index is 12.2. The van der Waals surface area contributed by atoms with Crippen molar-refractivity contribution in [2.24, 2.45) is 11.8 Å². The van der Waals surface area contributed by atoms with Crippen molar-refractivity contribution in [2.75, 3.05) is 13.6 Å². The summed E-state index contributed by atoms with van der Waals surface area (Å²) >= 11 is 0. The van der Waals surface area contributed by atoms with Crippen LogP contribution < -0.4 is 0 Å². The molecule has 2 unspecified atom stereocenters. The van der Waals surface area contributed by atoms with Gasteiger partial charge in [0.2, 0.25) is 0 Å². The zero-order chi connectivity index (χ0) is 15.2. The molecular formula is C19H29NO. The van der Waals surface area contributed by atoms with Crippen LogP contribution in [0.4, 0.5) is 0 Å². The average molecular weight is 287 g/mol. The van der Waals surface area contributed by atoms with Gasteiger partial charge in [-0.25, -0.2) is 0 Å². The fourth-order valence-electron chi connectivity index (χ4n) is 3.49. The lowest BCUT2D eigenvalue weighted by Crippen LogP contribution is -2.34. The first-order valence-corrected chi connectivity index (χ1v) is 8.35. The maximum Gasteiger partial charge on any atom is 0.137 e. The van der Waals surface area contributed by atoms with Gasteiger partial charge >= 0.3 is 0 Å². The first-order chi connectivity index (χ1) is 10.1. The summed E-state index contributed by atoms with van der Waals surface area (Å²) in [6, 6.07) is 8.70. The Morgan fingerprint density at radius 1 is 1.24 bits per heavy atom. The molecule has 1 aliphatic rings. The standard InChI is InChI=1S/C19H29NO/c1-4-5-16-10-11-19(21)18(12-16)14-20(3)13-17-8-6-15(2)7-9-17/h6-9,16,18H,4-5,10-14H2,1-3H3. The lowest BCUT2D eigenvalue weighted by Gasteiger charge is -2.31. The summed E-state index contributed by atoms with van der Waals surface area (Å²) in [5.41, 5.74) is 2.63. The number of benzene rings is 1. The van der Waals surface area contributed by atoms with Crippen molar-refractivity contribution in [2.45, 2.75) is 52.5 Å². The van der Waals surface area contributed by atoms with E-state index in [1.807, 2.05) is 0 Å². The summed E-state index contributed by atoms with van der Waals surface area (Å²) in [4.78, 5) is 14.5. The smallest absolute Gasteiger partial charge is 0.137 e. The molecule has 2 atom stereocenters. The minimum atomic E-state index is 0.255. The highest BCUT2D eigenvalue weighted by Gasteiger charge is 2.28. The van der Waals surface area contributed by atoms with Crippen LogP contribution in [0.25, 0.3) is 0 Å². The molecule has 0 amide bonds. The normalized spacial score (nSPS) is 22.8. The third-order valence-corrected chi connectivity index (χ3v) is 4.67. The topological polar surface area (TPSA) is 20.3 Å². The van der Waals surface area contributed by atoms with Gasteiger partial charge in [-0.05, 0) is 38.3 Å². The lowest BCUT2D eigenvalue weighted by molar-refractivity contribution is -0.126. The predicted octanol–water partition coefficient (Wildman–Crippen LogP) is 4.21. The van der Waals surface area contributed by atoms with Gasteiger partial charge in [-0.1, -0.05) is 49.6 Å². The average Bonchev–Trinajstić information content (AvgIpc) is 2.45. The number of rotatable bonds is 6. The van der Waals surface area contributed by atoms with E-state index >= 15 is 0 Å². The molecule has 0 aliphatic heterocycles. The molecule has 0 N–H and O–H groups in total. The van der Waals surface area contributed by atoms with E-state index in [0.717, 1.165) is 38.3 Å². The summed E-state index contributed by atoms with van der Waals surface area (Å²) in [6.45, 7) is 6.20. The van der Waals surface area contributed by atoms with Crippen molar-refractivity contribution in [3.8, 4) is 0 Å². The number of hydrogen-bond acceptors (Lipinski definition) is 2.